The van der Waals surface area contributed by atoms with Crippen LogP contribution in [0.5, 0.6) is 0 Å². The summed E-state index contributed by atoms with van der Waals surface area (Å²) in [4.78, 5) is 0. The van der Waals surface area contributed by atoms with Gasteiger partial charge in [0.15, 0.2) is 0 Å². The lowest BCUT2D eigenvalue weighted by molar-refractivity contribution is 0.629. The second-order valence-electron chi connectivity index (χ2n) is 6.03. The molecule has 108 valence electrons. The molecule has 1 heteroatoms. The Hall–Kier alpha value is -1.89. The largest absolute Gasteiger partial charge is 0.207 e. The zero-order valence-corrected chi connectivity index (χ0v) is 12.9. The lowest BCUT2D eigenvalue weighted by Gasteiger charge is -2.19. The fourth-order valence-electron chi connectivity index (χ4n) is 3.42. The van der Waals surface area contributed by atoms with Crippen molar-refractivity contribution in [1.29, 1.82) is 0 Å². The van der Waals surface area contributed by atoms with E-state index in [1.165, 1.54) is 27.3 Å². The van der Waals surface area contributed by atoms with Gasteiger partial charge in [0.05, 0.1) is 0 Å². The molecule has 0 saturated carbocycles. The highest BCUT2D eigenvalue weighted by Crippen LogP contribution is 2.37. The average molecular weight is 280 g/mol. The van der Waals surface area contributed by atoms with E-state index in [1.54, 1.807) is 12.1 Å². The third-order valence-corrected chi connectivity index (χ3v) is 4.22. The first kappa shape index (κ1) is 14.1. The van der Waals surface area contributed by atoms with Gasteiger partial charge in [0, 0.05) is 0 Å². The van der Waals surface area contributed by atoms with Crippen LogP contribution in [-0.4, -0.2) is 0 Å². The Labute approximate surface area is 125 Å². The van der Waals surface area contributed by atoms with Gasteiger partial charge in [-0.15, -0.1) is 0 Å². The van der Waals surface area contributed by atoms with Crippen molar-refractivity contribution in [3.8, 4) is 0 Å². The summed E-state index contributed by atoms with van der Waals surface area (Å²) in [5.74, 6) is 0.219. The van der Waals surface area contributed by atoms with Crippen LogP contribution in [0, 0.1) is 5.82 Å². The van der Waals surface area contributed by atoms with Gasteiger partial charge in [-0.1, -0.05) is 57.5 Å². The molecule has 3 aromatic rings. The maximum absolute atomic E-state index is 13.8. The van der Waals surface area contributed by atoms with Gasteiger partial charge in [-0.05, 0) is 57.1 Å². The van der Waals surface area contributed by atoms with Crippen molar-refractivity contribution in [2.45, 2.75) is 39.5 Å². The molecular weight excluding hydrogens is 259 g/mol. The van der Waals surface area contributed by atoms with E-state index in [0.29, 0.717) is 5.92 Å². The molecule has 0 aliphatic carbocycles. The Balaban J connectivity index is 2.56. The van der Waals surface area contributed by atoms with Crippen molar-refractivity contribution < 1.29 is 4.39 Å². The summed E-state index contributed by atoms with van der Waals surface area (Å²) >= 11 is 0. The minimum Gasteiger partial charge on any atom is -0.207 e. The molecule has 21 heavy (non-hydrogen) atoms. The van der Waals surface area contributed by atoms with Crippen molar-refractivity contribution in [3.05, 3.63) is 59.4 Å². The minimum absolute atomic E-state index is 0.151. The second-order valence-corrected chi connectivity index (χ2v) is 6.03. The van der Waals surface area contributed by atoms with Crippen LogP contribution in [0.3, 0.4) is 0 Å². The van der Waals surface area contributed by atoms with E-state index in [4.69, 9.17) is 0 Å². The molecular formula is C20H21F. The normalized spacial score (nSPS) is 11.7. The summed E-state index contributed by atoms with van der Waals surface area (Å²) in [7, 11) is 0. The molecule has 0 atom stereocenters. The highest BCUT2D eigenvalue weighted by Gasteiger charge is 2.15. The minimum atomic E-state index is -0.151. The zero-order chi connectivity index (χ0) is 15.0. The molecule has 0 spiro atoms. The quantitative estimate of drug-likeness (QED) is 0.500. The molecule has 3 rings (SSSR count). The van der Waals surface area contributed by atoms with E-state index in [0.717, 1.165) is 18.2 Å². The summed E-state index contributed by atoms with van der Waals surface area (Å²) in [6.07, 6.45) is 2.12. The molecule has 0 radical (unpaired) electrons. The van der Waals surface area contributed by atoms with Gasteiger partial charge in [-0.3, -0.25) is 0 Å². The molecule has 0 unspecified atom stereocenters. The van der Waals surface area contributed by atoms with Crippen LogP contribution in [0.1, 0.15) is 44.2 Å². The molecule has 0 aliphatic heterocycles. The highest BCUT2D eigenvalue weighted by atomic mass is 19.1. The maximum Gasteiger partial charge on any atom is 0.123 e. The van der Waals surface area contributed by atoms with Gasteiger partial charge >= 0.3 is 0 Å². The van der Waals surface area contributed by atoms with E-state index in [-0.39, 0.29) is 5.82 Å². The fourth-order valence-corrected chi connectivity index (χ4v) is 3.42. The lowest BCUT2D eigenvalue weighted by Crippen LogP contribution is -1.98. The first-order valence-corrected chi connectivity index (χ1v) is 7.76. The third kappa shape index (κ3) is 2.31. The highest BCUT2D eigenvalue weighted by molar-refractivity contribution is 6.06. The Morgan fingerprint density at radius 1 is 0.905 bits per heavy atom. The number of rotatable bonds is 3. The summed E-state index contributed by atoms with van der Waals surface area (Å²) in [5.41, 5.74) is 2.62. The number of aryl methyl sites for hydroxylation is 1. The topological polar surface area (TPSA) is 0 Å². The van der Waals surface area contributed by atoms with Crippen LogP contribution in [0.15, 0.2) is 42.5 Å². The maximum atomic E-state index is 13.8. The van der Waals surface area contributed by atoms with Crippen molar-refractivity contribution in [2.24, 2.45) is 0 Å². The molecule has 3 aromatic carbocycles. The van der Waals surface area contributed by atoms with Crippen molar-refractivity contribution in [3.63, 3.8) is 0 Å². The number of halogens is 1. The monoisotopic (exact) mass is 280 g/mol. The van der Waals surface area contributed by atoms with Crippen molar-refractivity contribution in [2.75, 3.05) is 0 Å². The Morgan fingerprint density at radius 3 is 2.24 bits per heavy atom. The molecule has 0 saturated heterocycles. The van der Waals surface area contributed by atoms with Gasteiger partial charge in [0.2, 0.25) is 0 Å². The predicted molar refractivity (Wildman–Crippen MR) is 89.5 cm³/mol. The van der Waals surface area contributed by atoms with E-state index in [1.807, 2.05) is 6.07 Å². The molecule has 0 aliphatic rings. The smallest absolute Gasteiger partial charge is 0.123 e. The molecule has 0 amide bonds. The van der Waals surface area contributed by atoms with Gasteiger partial charge < -0.3 is 0 Å². The van der Waals surface area contributed by atoms with Gasteiger partial charge in [0.1, 0.15) is 5.82 Å². The summed E-state index contributed by atoms with van der Waals surface area (Å²) in [6, 6.07) is 13.8. The summed E-state index contributed by atoms with van der Waals surface area (Å²) < 4.78 is 13.8. The predicted octanol–water partition coefficient (Wildman–Crippen LogP) is 6.21. The summed E-state index contributed by atoms with van der Waals surface area (Å²) in [5, 5.41) is 4.88. The Morgan fingerprint density at radius 2 is 1.57 bits per heavy atom. The van der Waals surface area contributed by atoms with Crippen LogP contribution >= 0.6 is 0 Å². The standard InChI is InChI=1S/C20H21F/c1-4-7-15-16-8-5-6-9-18(16)20(13(2)3)19-12-14(21)10-11-17(15)19/h5-6,8-13H,4,7H2,1-3H3. The van der Waals surface area contributed by atoms with Crippen LogP contribution < -0.4 is 0 Å². The van der Waals surface area contributed by atoms with Crippen molar-refractivity contribution >= 4 is 21.5 Å². The van der Waals surface area contributed by atoms with Crippen LogP contribution in [0.25, 0.3) is 21.5 Å². The zero-order valence-electron chi connectivity index (χ0n) is 12.9. The molecule has 0 N–H and O–H groups in total. The SMILES string of the molecule is CCCc1c2ccccc2c(C(C)C)c2cc(F)ccc12. The lowest BCUT2D eigenvalue weighted by atomic mass is 9.86. The molecule has 0 aromatic heterocycles. The number of hydrogen-bond donors (Lipinski definition) is 0. The van der Waals surface area contributed by atoms with E-state index >= 15 is 0 Å². The van der Waals surface area contributed by atoms with E-state index < -0.39 is 0 Å². The first-order valence-electron chi connectivity index (χ1n) is 7.76. The third-order valence-electron chi connectivity index (χ3n) is 4.22. The fraction of sp³-hybridized carbons (Fsp3) is 0.300. The van der Waals surface area contributed by atoms with Crippen molar-refractivity contribution in [1.82, 2.24) is 0 Å². The number of fused-ring (bicyclic) bond motifs is 2. The molecule has 0 nitrogen and oxygen atoms in total. The van der Waals surface area contributed by atoms with Gasteiger partial charge in [-0.25, -0.2) is 4.39 Å². The Kier molecular flexibility index (Phi) is 3.67. The van der Waals surface area contributed by atoms with E-state index in [2.05, 4.69) is 45.0 Å². The summed E-state index contributed by atoms with van der Waals surface area (Å²) in [6.45, 7) is 6.57. The number of benzene rings is 3. The van der Waals surface area contributed by atoms with E-state index in [9.17, 15) is 4.39 Å². The molecule has 0 heterocycles. The van der Waals surface area contributed by atoms with Gasteiger partial charge in [-0.2, -0.15) is 0 Å². The van der Waals surface area contributed by atoms with Crippen LogP contribution in [0.2, 0.25) is 0 Å². The van der Waals surface area contributed by atoms with Crippen LogP contribution in [0.4, 0.5) is 4.39 Å². The van der Waals surface area contributed by atoms with Gasteiger partial charge in [0.25, 0.3) is 0 Å². The molecule has 0 fully saturated rings. The average Bonchev–Trinajstić information content (AvgIpc) is 2.46. The van der Waals surface area contributed by atoms with Crippen LogP contribution in [-0.2, 0) is 6.42 Å². The Bertz CT molecular complexity index is 800. The molecule has 0 bridgehead atoms. The second kappa shape index (κ2) is 5.48. The number of hydrogen-bond acceptors (Lipinski definition) is 0. The first-order chi connectivity index (χ1) is 10.1.